The molecule has 0 bridgehead atoms. The molecule has 0 atom stereocenters. The first-order valence-electron chi connectivity index (χ1n) is 10.4. The summed E-state index contributed by atoms with van der Waals surface area (Å²) in [5.74, 6) is -0.454. The summed E-state index contributed by atoms with van der Waals surface area (Å²) < 4.78 is 25.4. The van der Waals surface area contributed by atoms with E-state index in [0.29, 0.717) is 22.0 Å². The Hall–Kier alpha value is -4.32. The number of hydrogen-bond donors (Lipinski definition) is 2. The molecule has 0 saturated carbocycles. The molecule has 35 heavy (non-hydrogen) atoms. The van der Waals surface area contributed by atoms with E-state index in [1.165, 1.54) is 23.0 Å². The number of rotatable bonds is 8. The summed E-state index contributed by atoms with van der Waals surface area (Å²) in [7, 11) is 0. The van der Waals surface area contributed by atoms with Crippen molar-refractivity contribution in [2.45, 2.75) is 26.4 Å². The predicted molar refractivity (Wildman–Crippen MR) is 125 cm³/mol. The molecule has 0 spiro atoms. The van der Waals surface area contributed by atoms with Gasteiger partial charge >= 0.3 is 0 Å². The number of aromatic nitrogens is 5. The minimum absolute atomic E-state index is 0.0100. The Bertz CT molecular complexity index is 1350. The molecule has 2 aromatic heterocycles. The molecular weight excluding hydrogens is 479 g/mol. The van der Waals surface area contributed by atoms with E-state index in [9.17, 15) is 9.18 Å². The van der Waals surface area contributed by atoms with Crippen LogP contribution in [-0.4, -0.2) is 37.4 Å². The van der Waals surface area contributed by atoms with Gasteiger partial charge in [0.1, 0.15) is 18.2 Å². The molecule has 180 valence electrons. The van der Waals surface area contributed by atoms with Gasteiger partial charge in [0.15, 0.2) is 5.69 Å². The highest BCUT2D eigenvalue weighted by Gasteiger charge is 2.25. The number of ether oxygens (including phenoxy) is 1. The van der Waals surface area contributed by atoms with Gasteiger partial charge in [-0.3, -0.25) is 4.79 Å². The number of nitrogens with two attached hydrogens (primary N) is 1. The molecule has 0 radical (unpaired) electrons. The number of nitrogens with one attached hydrogen (secondary N) is 1. The van der Waals surface area contributed by atoms with Crippen LogP contribution in [0.5, 0.6) is 5.75 Å². The molecule has 4 rings (SSSR count). The van der Waals surface area contributed by atoms with Crippen molar-refractivity contribution in [3.8, 4) is 11.6 Å². The Balaban J connectivity index is 1.39. The van der Waals surface area contributed by atoms with Crippen LogP contribution in [0.4, 0.5) is 10.2 Å². The van der Waals surface area contributed by atoms with E-state index in [0.717, 1.165) is 0 Å². The molecule has 1 amide bonds. The lowest BCUT2D eigenvalue weighted by atomic mass is 10.1. The fraction of sp³-hybridized carbons (Fsp3) is 0.182. The number of nitrogen functional groups attached to an aromatic ring is 1. The molecule has 2 aromatic carbocycles. The van der Waals surface area contributed by atoms with E-state index in [4.69, 9.17) is 22.1 Å². The van der Waals surface area contributed by atoms with Crippen LogP contribution in [0.15, 0.2) is 52.2 Å². The Morgan fingerprint density at radius 1 is 1.29 bits per heavy atom. The van der Waals surface area contributed by atoms with Crippen molar-refractivity contribution in [1.29, 1.82) is 0 Å². The molecule has 13 heteroatoms. The van der Waals surface area contributed by atoms with Gasteiger partial charge in [0, 0.05) is 5.56 Å². The summed E-state index contributed by atoms with van der Waals surface area (Å²) in [4.78, 5) is 12.7. The van der Waals surface area contributed by atoms with E-state index in [1.54, 1.807) is 30.3 Å². The van der Waals surface area contributed by atoms with E-state index in [2.05, 4.69) is 35.8 Å². The standard InChI is InChI=1S/C22H20ClFN8O3/c1-12(2)19-18(27-31-32(19)21-20(25)29-35-30-21)22(33)28-26-10-13-6-8-14(9-7-13)34-11-15-16(23)4-3-5-17(15)24/h3-10,12H,11H2,1-2H3,(H2,25,29)(H,28,33)/b26-10-. The largest absolute Gasteiger partial charge is 0.489 e. The smallest absolute Gasteiger partial charge is 0.293 e. The van der Waals surface area contributed by atoms with Gasteiger partial charge in [-0.1, -0.05) is 36.7 Å². The molecule has 0 saturated heterocycles. The van der Waals surface area contributed by atoms with Crippen molar-refractivity contribution >= 4 is 29.5 Å². The zero-order valence-corrected chi connectivity index (χ0v) is 19.4. The third kappa shape index (κ3) is 5.27. The molecule has 4 aromatic rings. The highest BCUT2D eigenvalue weighted by atomic mass is 35.5. The molecule has 3 N–H and O–H groups in total. The zero-order chi connectivity index (χ0) is 24.9. The number of hydrogen-bond acceptors (Lipinski definition) is 9. The summed E-state index contributed by atoms with van der Waals surface area (Å²) >= 11 is 6.01. The van der Waals surface area contributed by atoms with Gasteiger partial charge < -0.3 is 10.5 Å². The summed E-state index contributed by atoms with van der Waals surface area (Å²) in [5.41, 5.74) is 9.66. The van der Waals surface area contributed by atoms with Crippen LogP contribution in [0.25, 0.3) is 5.82 Å². The summed E-state index contributed by atoms with van der Waals surface area (Å²) in [6, 6.07) is 11.3. The fourth-order valence-corrected chi connectivity index (χ4v) is 3.37. The van der Waals surface area contributed by atoms with Crippen LogP contribution in [-0.2, 0) is 6.61 Å². The molecule has 0 aliphatic carbocycles. The van der Waals surface area contributed by atoms with E-state index in [-0.39, 0.29) is 35.4 Å². The second-order valence-corrected chi connectivity index (χ2v) is 8.03. The quantitative estimate of drug-likeness (QED) is 0.277. The number of amides is 1. The fourth-order valence-electron chi connectivity index (χ4n) is 3.16. The monoisotopic (exact) mass is 498 g/mol. The topological polar surface area (TPSA) is 146 Å². The van der Waals surface area contributed by atoms with E-state index < -0.39 is 11.7 Å². The van der Waals surface area contributed by atoms with E-state index in [1.807, 2.05) is 13.8 Å². The van der Waals surface area contributed by atoms with Crippen molar-refractivity contribution in [3.63, 3.8) is 0 Å². The molecule has 0 unspecified atom stereocenters. The average molecular weight is 499 g/mol. The molecular formula is C22H20ClFN8O3. The number of carbonyl (C=O) groups excluding carboxylic acids is 1. The highest BCUT2D eigenvalue weighted by molar-refractivity contribution is 6.31. The van der Waals surface area contributed by atoms with Gasteiger partial charge in [-0.15, -0.1) is 5.10 Å². The highest BCUT2D eigenvalue weighted by Crippen LogP contribution is 2.23. The summed E-state index contributed by atoms with van der Waals surface area (Å²) in [6.07, 6.45) is 1.45. The van der Waals surface area contributed by atoms with Gasteiger partial charge in [-0.25, -0.2) is 14.4 Å². The first-order chi connectivity index (χ1) is 16.8. The number of carbonyl (C=O) groups is 1. The van der Waals surface area contributed by atoms with Crippen molar-refractivity contribution in [3.05, 3.63) is 75.8 Å². The van der Waals surface area contributed by atoms with E-state index >= 15 is 0 Å². The molecule has 0 aliphatic rings. The summed E-state index contributed by atoms with van der Waals surface area (Å²) in [5, 5.41) is 19.4. The van der Waals surface area contributed by atoms with Gasteiger partial charge in [0.25, 0.3) is 5.91 Å². The van der Waals surface area contributed by atoms with Crippen molar-refractivity contribution < 1.29 is 18.6 Å². The maximum atomic E-state index is 13.9. The first-order valence-corrected chi connectivity index (χ1v) is 10.8. The molecule has 2 heterocycles. The third-order valence-corrected chi connectivity index (χ3v) is 5.22. The Morgan fingerprint density at radius 2 is 2.06 bits per heavy atom. The zero-order valence-electron chi connectivity index (χ0n) is 18.6. The van der Waals surface area contributed by atoms with Crippen LogP contribution < -0.4 is 15.9 Å². The normalized spacial score (nSPS) is 11.3. The Kier molecular flexibility index (Phi) is 7.01. The number of anilines is 1. The van der Waals surface area contributed by atoms with Crippen molar-refractivity contribution in [1.82, 2.24) is 30.7 Å². The van der Waals surface area contributed by atoms with Gasteiger partial charge in [0.05, 0.1) is 16.9 Å². The molecule has 0 aliphatic heterocycles. The van der Waals surface area contributed by atoms with Gasteiger partial charge in [-0.2, -0.15) is 9.78 Å². The number of halogens is 2. The molecule has 0 fully saturated rings. The van der Waals surface area contributed by atoms with Crippen LogP contribution in [0, 0.1) is 5.82 Å². The van der Waals surface area contributed by atoms with Gasteiger partial charge in [-0.05, 0) is 58.2 Å². The maximum absolute atomic E-state index is 13.9. The van der Waals surface area contributed by atoms with Crippen LogP contribution in [0.2, 0.25) is 5.02 Å². The van der Waals surface area contributed by atoms with Crippen LogP contribution in [0.1, 0.15) is 47.1 Å². The van der Waals surface area contributed by atoms with Crippen molar-refractivity contribution in [2.24, 2.45) is 5.10 Å². The summed E-state index contributed by atoms with van der Waals surface area (Å²) in [6.45, 7) is 3.72. The maximum Gasteiger partial charge on any atom is 0.293 e. The Labute approximate surface area is 203 Å². The number of hydrazone groups is 1. The number of nitrogens with zero attached hydrogens (tertiary/aromatic N) is 6. The average Bonchev–Trinajstić information content (AvgIpc) is 3.45. The third-order valence-electron chi connectivity index (χ3n) is 4.87. The second-order valence-electron chi connectivity index (χ2n) is 7.62. The van der Waals surface area contributed by atoms with Crippen LogP contribution in [0.3, 0.4) is 0 Å². The Morgan fingerprint density at radius 3 is 2.71 bits per heavy atom. The minimum Gasteiger partial charge on any atom is -0.489 e. The first kappa shape index (κ1) is 23.8. The van der Waals surface area contributed by atoms with Crippen LogP contribution >= 0.6 is 11.6 Å². The predicted octanol–water partition coefficient (Wildman–Crippen LogP) is 3.49. The lowest BCUT2D eigenvalue weighted by Crippen LogP contribution is -2.21. The lowest BCUT2D eigenvalue weighted by molar-refractivity contribution is 0.0948. The lowest BCUT2D eigenvalue weighted by Gasteiger charge is -2.09. The second kappa shape index (κ2) is 10.3. The van der Waals surface area contributed by atoms with Gasteiger partial charge in [0.2, 0.25) is 11.6 Å². The minimum atomic E-state index is -0.562. The molecule has 11 nitrogen and oxygen atoms in total. The number of benzene rings is 2. The van der Waals surface area contributed by atoms with Crippen molar-refractivity contribution in [2.75, 3.05) is 5.73 Å². The SMILES string of the molecule is CC(C)c1c(C(=O)N/N=C\c2ccc(OCc3c(F)cccc3Cl)cc2)nnn1-c1nonc1N.